The van der Waals surface area contributed by atoms with Crippen molar-refractivity contribution in [3.63, 3.8) is 0 Å². The summed E-state index contributed by atoms with van der Waals surface area (Å²) in [7, 11) is 0. The smallest absolute Gasteiger partial charge is 0.417 e. The SMILES string of the molecule is CCCCCCCCCCCCCCCCCCCCOC(=O)c1ccc(F)cc1C(F)(F)F. The highest BCUT2D eigenvalue weighted by Gasteiger charge is 2.36. The summed E-state index contributed by atoms with van der Waals surface area (Å²) in [5, 5.41) is 0. The lowest BCUT2D eigenvalue weighted by atomic mass is 10.0. The summed E-state index contributed by atoms with van der Waals surface area (Å²) in [6.07, 6.45) is 17.6. The minimum atomic E-state index is -4.80. The van der Waals surface area contributed by atoms with Crippen molar-refractivity contribution in [2.45, 2.75) is 129 Å². The average Bonchev–Trinajstić information content (AvgIpc) is 2.79. The van der Waals surface area contributed by atoms with Crippen LogP contribution < -0.4 is 0 Å². The first-order valence-electron chi connectivity index (χ1n) is 13.4. The molecular weight excluding hydrogens is 444 g/mol. The molecule has 0 saturated heterocycles. The Morgan fingerprint density at radius 2 is 1.12 bits per heavy atom. The van der Waals surface area contributed by atoms with Gasteiger partial charge in [0.1, 0.15) is 5.82 Å². The van der Waals surface area contributed by atoms with Crippen molar-refractivity contribution < 1.29 is 27.1 Å². The van der Waals surface area contributed by atoms with Gasteiger partial charge in [-0.3, -0.25) is 0 Å². The monoisotopic (exact) mass is 488 g/mol. The molecule has 0 spiro atoms. The molecule has 0 atom stereocenters. The van der Waals surface area contributed by atoms with Crippen LogP contribution in [-0.4, -0.2) is 12.6 Å². The number of benzene rings is 1. The molecule has 0 aliphatic carbocycles. The van der Waals surface area contributed by atoms with E-state index < -0.39 is 29.1 Å². The largest absolute Gasteiger partial charge is 0.462 e. The van der Waals surface area contributed by atoms with Gasteiger partial charge in [-0.15, -0.1) is 0 Å². The number of hydrogen-bond donors (Lipinski definition) is 0. The Hall–Kier alpha value is -1.59. The molecular formula is C28H44F4O2. The Bertz CT molecular complexity index is 658. The molecule has 0 radical (unpaired) electrons. The molecule has 0 unspecified atom stereocenters. The predicted molar refractivity (Wildman–Crippen MR) is 130 cm³/mol. The lowest BCUT2D eigenvalue weighted by molar-refractivity contribution is -0.138. The zero-order valence-electron chi connectivity index (χ0n) is 21.0. The maximum absolute atomic E-state index is 13.1. The van der Waals surface area contributed by atoms with E-state index in [9.17, 15) is 22.4 Å². The van der Waals surface area contributed by atoms with Crippen molar-refractivity contribution in [1.82, 2.24) is 0 Å². The van der Waals surface area contributed by atoms with E-state index in [0.29, 0.717) is 12.5 Å². The number of esters is 1. The summed E-state index contributed by atoms with van der Waals surface area (Å²) in [6.45, 7) is 2.33. The molecule has 0 saturated carbocycles. The maximum atomic E-state index is 13.1. The first-order chi connectivity index (χ1) is 16.4. The van der Waals surface area contributed by atoms with E-state index in [2.05, 4.69) is 6.92 Å². The Morgan fingerprint density at radius 3 is 1.53 bits per heavy atom. The van der Waals surface area contributed by atoms with Gasteiger partial charge in [0.25, 0.3) is 0 Å². The molecule has 0 heterocycles. The van der Waals surface area contributed by atoms with Gasteiger partial charge in [0.15, 0.2) is 0 Å². The summed E-state index contributed by atoms with van der Waals surface area (Å²) in [4.78, 5) is 12.0. The van der Waals surface area contributed by atoms with Crippen LogP contribution in [0.3, 0.4) is 0 Å². The third kappa shape index (κ3) is 14.6. The van der Waals surface area contributed by atoms with Gasteiger partial charge in [0.2, 0.25) is 0 Å². The molecule has 1 rings (SSSR count). The van der Waals surface area contributed by atoms with E-state index in [1.807, 2.05) is 0 Å². The molecule has 0 bridgehead atoms. The van der Waals surface area contributed by atoms with Crippen molar-refractivity contribution in [3.8, 4) is 0 Å². The van der Waals surface area contributed by atoms with Gasteiger partial charge in [-0.25, -0.2) is 9.18 Å². The number of carbonyl (C=O) groups excluding carboxylic acids is 1. The normalized spacial score (nSPS) is 11.7. The number of rotatable bonds is 20. The van der Waals surface area contributed by atoms with E-state index in [-0.39, 0.29) is 6.61 Å². The van der Waals surface area contributed by atoms with Crippen LogP contribution >= 0.6 is 0 Å². The molecule has 2 nitrogen and oxygen atoms in total. The highest BCUT2D eigenvalue weighted by atomic mass is 19.4. The second-order valence-corrected chi connectivity index (χ2v) is 9.33. The van der Waals surface area contributed by atoms with Gasteiger partial charge in [-0.1, -0.05) is 116 Å². The second-order valence-electron chi connectivity index (χ2n) is 9.33. The van der Waals surface area contributed by atoms with Gasteiger partial charge >= 0.3 is 12.1 Å². The Labute approximate surface area is 203 Å². The number of halogens is 4. The van der Waals surface area contributed by atoms with Crippen LogP contribution in [0, 0.1) is 5.82 Å². The van der Waals surface area contributed by atoms with Crippen LogP contribution in [-0.2, 0) is 10.9 Å². The van der Waals surface area contributed by atoms with E-state index in [1.54, 1.807) is 0 Å². The summed E-state index contributed by atoms with van der Waals surface area (Å²) in [5.74, 6) is -2.09. The summed E-state index contributed by atoms with van der Waals surface area (Å²) >= 11 is 0. The van der Waals surface area contributed by atoms with Crippen LogP contribution in [0.1, 0.15) is 138 Å². The van der Waals surface area contributed by atoms with Crippen molar-refractivity contribution in [2.24, 2.45) is 0 Å². The van der Waals surface area contributed by atoms with E-state index in [1.165, 1.54) is 89.9 Å². The van der Waals surface area contributed by atoms with Gasteiger partial charge in [0, 0.05) is 0 Å². The van der Waals surface area contributed by atoms with Crippen molar-refractivity contribution in [3.05, 3.63) is 35.1 Å². The number of alkyl halides is 3. The Morgan fingerprint density at radius 1 is 0.706 bits per heavy atom. The second kappa shape index (κ2) is 18.7. The molecule has 0 aliphatic heterocycles. The minimum absolute atomic E-state index is 0.0756. The molecule has 0 aliphatic rings. The molecule has 0 amide bonds. The third-order valence-corrected chi connectivity index (χ3v) is 6.24. The van der Waals surface area contributed by atoms with Crippen molar-refractivity contribution in [1.29, 1.82) is 0 Å². The maximum Gasteiger partial charge on any atom is 0.417 e. The molecule has 34 heavy (non-hydrogen) atoms. The summed E-state index contributed by atoms with van der Waals surface area (Å²) in [6, 6.07) is 1.99. The first kappa shape index (κ1) is 30.4. The fraction of sp³-hybridized carbons (Fsp3) is 0.750. The summed E-state index contributed by atoms with van der Waals surface area (Å²) in [5.41, 5.74) is -1.94. The van der Waals surface area contributed by atoms with Crippen LogP contribution in [0.25, 0.3) is 0 Å². The zero-order valence-corrected chi connectivity index (χ0v) is 21.0. The fourth-order valence-electron chi connectivity index (χ4n) is 4.18. The van der Waals surface area contributed by atoms with Crippen molar-refractivity contribution >= 4 is 5.97 Å². The van der Waals surface area contributed by atoms with Crippen LogP contribution in [0.4, 0.5) is 17.6 Å². The average molecular weight is 489 g/mol. The molecule has 0 fully saturated rings. The number of hydrogen-bond acceptors (Lipinski definition) is 2. The van der Waals surface area contributed by atoms with E-state index in [0.717, 1.165) is 31.4 Å². The van der Waals surface area contributed by atoms with Crippen LogP contribution in [0.15, 0.2) is 18.2 Å². The molecule has 1 aromatic carbocycles. The Balaban J connectivity index is 1.94. The fourth-order valence-corrected chi connectivity index (χ4v) is 4.18. The first-order valence-corrected chi connectivity index (χ1v) is 13.4. The number of carbonyl (C=O) groups is 1. The zero-order chi connectivity index (χ0) is 25.1. The van der Waals surface area contributed by atoms with Crippen molar-refractivity contribution in [2.75, 3.05) is 6.61 Å². The van der Waals surface area contributed by atoms with Crippen LogP contribution in [0.2, 0.25) is 0 Å². The van der Waals surface area contributed by atoms with E-state index in [4.69, 9.17) is 4.74 Å². The van der Waals surface area contributed by atoms with E-state index >= 15 is 0 Å². The minimum Gasteiger partial charge on any atom is -0.462 e. The Kier molecular flexibility index (Phi) is 16.7. The van der Waals surface area contributed by atoms with Gasteiger partial charge < -0.3 is 4.74 Å². The molecule has 196 valence electrons. The highest BCUT2D eigenvalue weighted by Crippen LogP contribution is 2.33. The standard InChI is InChI=1S/C28H44F4O2/c1-2-3-4-5-6-7-8-9-10-11-12-13-14-15-16-17-18-19-22-34-27(33)25-21-20-24(29)23-26(25)28(30,31)32/h20-21,23H,2-19,22H2,1H3. The van der Waals surface area contributed by atoms with Crippen LogP contribution in [0.5, 0.6) is 0 Å². The summed E-state index contributed by atoms with van der Waals surface area (Å²) < 4.78 is 57.0. The molecule has 6 heteroatoms. The molecule has 0 aromatic heterocycles. The lowest BCUT2D eigenvalue weighted by Crippen LogP contribution is -2.16. The quantitative estimate of drug-likeness (QED) is 0.104. The lowest BCUT2D eigenvalue weighted by Gasteiger charge is -2.12. The molecule has 0 N–H and O–H groups in total. The van der Waals surface area contributed by atoms with Gasteiger partial charge in [0.05, 0.1) is 17.7 Å². The number of ether oxygens (including phenoxy) is 1. The van der Waals surface area contributed by atoms with Gasteiger partial charge in [-0.2, -0.15) is 13.2 Å². The predicted octanol–water partition coefficient (Wildman–Crippen LogP) is 10.0. The third-order valence-electron chi connectivity index (χ3n) is 6.24. The topological polar surface area (TPSA) is 26.3 Å². The number of unbranched alkanes of at least 4 members (excludes halogenated alkanes) is 17. The molecule has 1 aromatic rings. The van der Waals surface area contributed by atoms with Gasteiger partial charge in [-0.05, 0) is 24.6 Å². The highest BCUT2D eigenvalue weighted by molar-refractivity contribution is 5.91.